The lowest BCUT2D eigenvalue weighted by molar-refractivity contribution is -0.0384. The molecule has 0 N–H and O–H groups in total. The molecule has 2 fully saturated rings. The molecule has 0 aromatic heterocycles. The van der Waals surface area contributed by atoms with Gasteiger partial charge in [-0.1, -0.05) is 50.6 Å². The predicted octanol–water partition coefficient (Wildman–Crippen LogP) is 7.72. The lowest BCUT2D eigenvalue weighted by Crippen LogP contribution is -2.49. The highest BCUT2D eigenvalue weighted by Gasteiger charge is 2.57. The molecule has 0 aromatic rings. The average Bonchev–Trinajstić information content (AvgIpc) is 2.92. The van der Waals surface area contributed by atoms with Crippen molar-refractivity contribution in [2.75, 3.05) is 0 Å². The van der Waals surface area contributed by atoms with E-state index in [1.165, 1.54) is 56.9 Å². The van der Waals surface area contributed by atoms with Gasteiger partial charge in [0.2, 0.25) is 0 Å². The summed E-state index contributed by atoms with van der Waals surface area (Å²) in [5, 5.41) is 0. The van der Waals surface area contributed by atoms with Gasteiger partial charge in [0, 0.05) is 0 Å². The normalized spacial score (nSPS) is 45.7. The molecule has 0 amide bonds. The molecule has 0 nitrogen and oxygen atoms in total. The third kappa shape index (κ3) is 2.70. The summed E-state index contributed by atoms with van der Waals surface area (Å²) in [6.07, 6.45) is 16.5. The Balaban J connectivity index is 1.59. The van der Waals surface area contributed by atoms with Crippen LogP contribution >= 0.6 is 0 Å². The molecule has 144 valence electrons. The van der Waals surface area contributed by atoms with Crippen LogP contribution in [-0.2, 0) is 0 Å². The molecule has 0 spiro atoms. The van der Waals surface area contributed by atoms with Gasteiger partial charge in [-0.05, 0) is 111 Å². The molecule has 0 bridgehead atoms. The molecule has 2 saturated carbocycles. The van der Waals surface area contributed by atoms with E-state index in [1.807, 2.05) is 0 Å². The Bertz CT molecular complexity index is 649. The highest BCUT2D eigenvalue weighted by Crippen LogP contribution is 2.66. The zero-order valence-corrected chi connectivity index (χ0v) is 17.9. The molecule has 6 unspecified atom stereocenters. The Kier molecular flexibility index (Phi) is 4.56. The number of hydrogen-bond donors (Lipinski definition) is 0. The fraction of sp³-hybridized carbons (Fsp3) is 0.769. The van der Waals surface area contributed by atoms with E-state index in [2.05, 4.69) is 53.3 Å². The molecule has 0 aliphatic heterocycles. The van der Waals surface area contributed by atoms with E-state index in [1.54, 1.807) is 11.1 Å². The second-order valence-corrected chi connectivity index (χ2v) is 11.0. The minimum absolute atomic E-state index is 0.465. The number of allylic oxidation sites excluding steroid dienone is 5. The fourth-order valence-electron chi connectivity index (χ4n) is 7.59. The van der Waals surface area contributed by atoms with Gasteiger partial charge in [0.15, 0.2) is 0 Å². The first-order valence-electron chi connectivity index (χ1n) is 11.3. The number of fused-ring (bicyclic) bond motifs is 5. The van der Waals surface area contributed by atoms with Gasteiger partial charge in [0.1, 0.15) is 0 Å². The topological polar surface area (TPSA) is 0 Å². The van der Waals surface area contributed by atoms with Gasteiger partial charge >= 0.3 is 0 Å². The lowest BCUT2D eigenvalue weighted by Gasteiger charge is -2.57. The second-order valence-electron chi connectivity index (χ2n) is 11.0. The highest BCUT2D eigenvalue weighted by atomic mass is 14.6. The Morgan fingerprint density at radius 1 is 1.19 bits per heavy atom. The molecule has 4 aliphatic carbocycles. The van der Waals surface area contributed by atoms with Gasteiger partial charge in [-0.2, -0.15) is 0 Å². The van der Waals surface area contributed by atoms with E-state index >= 15 is 0 Å². The first-order chi connectivity index (χ1) is 12.3. The van der Waals surface area contributed by atoms with Gasteiger partial charge in [-0.25, -0.2) is 0 Å². The van der Waals surface area contributed by atoms with E-state index in [9.17, 15) is 0 Å². The van der Waals surface area contributed by atoms with Crippen LogP contribution in [0, 0.1) is 40.4 Å². The molecule has 26 heavy (non-hydrogen) atoms. The van der Waals surface area contributed by atoms with E-state index in [0.29, 0.717) is 16.7 Å². The summed E-state index contributed by atoms with van der Waals surface area (Å²) >= 11 is 0. The zero-order chi connectivity index (χ0) is 18.7. The quantitative estimate of drug-likeness (QED) is 0.456. The summed E-state index contributed by atoms with van der Waals surface area (Å²) in [5.41, 5.74) is 5.73. The molecule has 0 saturated heterocycles. The number of hydrogen-bond acceptors (Lipinski definition) is 0. The number of rotatable bonds is 3. The second kappa shape index (κ2) is 6.39. The van der Waals surface area contributed by atoms with Crippen LogP contribution in [0.2, 0.25) is 0 Å². The molecule has 0 radical (unpaired) electrons. The third-order valence-corrected chi connectivity index (χ3v) is 9.64. The maximum absolute atomic E-state index is 4.24. The Labute approximate surface area is 162 Å². The summed E-state index contributed by atoms with van der Waals surface area (Å²) in [6.45, 7) is 16.5. The van der Waals surface area contributed by atoms with Gasteiger partial charge in [0.05, 0.1) is 0 Å². The van der Waals surface area contributed by atoms with E-state index in [4.69, 9.17) is 0 Å². The molecule has 4 rings (SSSR count). The van der Waals surface area contributed by atoms with Gasteiger partial charge < -0.3 is 0 Å². The van der Waals surface area contributed by atoms with Gasteiger partial charge in [-0.15, -0.1) is 0 Å². The standard InChI is InChI=1S/C26H40/c1-17(2)19(4)16-21-8-10-23-22-9-7-20-15-18(3)11-13-25(20,5)24(22)12-14-26(21,23)6/h7,15,19,21-24H,1,8-14,16H2,2-6H3/t19?,21-,22?,23?,24?,25?,26?/m0/s1. The van der Waals surface area contributed by atoms with Crippen LogP contribution < -0.4 is 0 Å². The van der Waals surface area contributed by atoms with Crippen LogP contribution in [0.1, 0.15) is 86.0 Å². The maximum atomic E-state index is 4.24. The molecular weight excluding hydrogens is 312 g/mol. The molecule has 0 heterocycles. The molecule has 7 atom stereocenters. The van der Waals surface area contributed by atoms with Gasteiger partial charge in [0.25, 0.3) is 0 Å². The van der Waals surface area contributed by atoms with Crippen molar-refractivity contribution in [3.63, 3.8) is 0 Å². The monoisotopic (exact) mass is 352 g/mol. The first kappa shape index (κ1) is 18.6. The smallest absolute Gasteiger partial charge is 0.00443 e. The zero-order valence-electron chi connectivity index (χ0n) is 17.9. The average molecular weight is 353 g/mol. The van der Waals surface area contributed by atoms with E-state index in [-0.39, 0.29) is 0 Å². The molecule has 4 aliphatic rings. The summed E-state index contributed by atoms with van der Waals surface area (Å²) in [5.74, 6) is 4.45. The Hall–Kier alpha value is -0.780. The van der Waals surface area contributed by atoms with Crippen LogP contribution in [0.5, 0.6) is 0 Å². The van der Waals surface area contributed by atoms with Gasteiger partial charge in [-0.3, -0.25) is 0 Å². The summed E-state index contributed by atoms with van der Waals surface area (Å²) in [7, 11) is 0. The van der Waals surface area contributed by atoms with Crippen molar-refractivity contribution in [1.82, 2.24) is 0 Å². The van der Waals surface area contributed by atoms with Crippen molar-refractivity contribution >= 4 is 0 Å². The predicted molar refractivity (Wildman–Crippen MR) is 113 cm³/mol. The summed E-state index contributed by atoms with van der Waals surface area (Å²) in [4.78, 5) is 0. The van der Waals surface area contributed by atoms with Crippen molar-refractivity contribution in [3.8, 4) is 0 Å². The molecular formula is C26H40. The minimum Gasteiger partial charge on any atom is -0.0999 e. The molecule has 0 heteroatoms. The maximum Gasteiger partial charge on any atom is -0.00443 e. The van der Waals surface area contributed by atoms with Crippen molar-refractivity contribution in [3.05, 3.63) is 35.5 Å². The highest BCUT2D eigenvalue weighted by molar-refractivity contribution is 5.36. The Morgan fingerprint density at radius 3 is 2.69 bits per heavy atom. The van der Waals surface area contributed by atoms with Crippen molar-refractivity contribution in [2.24, 2.45) is 40.4 Å². The van der Waals surface area contributed by atoms with Crippen LogP contribution in [-0.4, -0.2) is 0 Å². The van der Waals surface area contributed by atoms with Crippen molar-refractivity contribution in [2.45, 2.75) is 86.0 Å². The third-order valence-electron chi connectivity index (χ3n) is 9.64. The van der Waals surface area contributed by atoms with Crippen molar-refractivity contribution in [1.29, 1.82) is 0 Å². The largest absolute Gasteiger partial charge is 0.0999 e. The van der Waals surface area contributed by atoms with Crippen LogP contribution in [0.25, 0.3) is 0 Å². The van der Waals surface area contributed by atoms with E-state index < -0.39 is 0 Å². The first-order valence-corrected chi connectivity index (χ1v) is 11.3. The SMILES string of the molecule is C=C(C)C(C)C[C@@H]1CCC2C3CC=C4C=C(C)CCC4(C)C3CCC21C. The Morgan fingerprint density at radius 2 is 1.96 bits per heavy atom. The van der Waals surface area contributed by atoms with Crippen LogP contribution in [0.15, 0.2) is 35.5 Å². The lowest BCUT2D eigenvalue weighted by atomic mass is 9.47. The van der Waals surface area contributed by atoms with Crippen molar-refractivity contribution < 1.29 is 0 Å². The summed E-state index contributed by atoms with van der Waals surface area (Å²) < 4.78 is 0. The van der Waals surface area contributed by atoms with Crippen LogP contribution in [0.3, 0.4) is 0 Å². The molecule has 0 aromatic carbocycles. The fourth-order valence-corrected chi connectivity index (χ4v) is 7.59. The van der Waals surface area contributed by atoms with Crippen LogP contribution in [0.4, 0.5) is 0 Å². The van der Waals surface area contributed by atoms with E-state index in [0.717, 1.165) is 23.7 Å². The minimum atomic E-state index is 0.465. The summed E-state index contributed by atoms with van der Waals surface area (Å²) in [6, 6.07) is 0.